The molecule has 19 heavy (non-hydrogen) atoms. The molecule has 0 saturated heterocycles. The number of rotatable bonds is 2. The Morgan fingerprint density at radius 1 is 1.16 bits per heavy atom. The summed E-state index contributed by atoms with van der Waals surface area (Å²) in [4.78, 5) is 23.4. The number of carbonyl (C=O) groups is 1. The molecule has 0 amide bonds. The molecule has 0 radical (unpaired) electrons. The Balaban J connectivity index is 2.32. The van der Waals surface area contributed by atoms with Crippen LogP contribution in [0.1, 0.15) is 39.4 Å². The van der Waals surface area contributed by atoms with Crippen LogP contribution in [0.3, 0.4) is 0 Å². The molecule has 0 aromatic carbocycles. The van der Waals surface area contributed by atoms with Crippen LogP contribution in [0.4, 0.5) is 0 Å². The average molecular weight is 262 g/mol. The summed E-state index contributed by atoms with van der Waals surface area (Å²) in [6, 6.07) is 2.86. The van der Waals surface area contributed by atoms with Crippen molar-refractivity contribution in [3.63, 3.8) is 0 Å². The van der Waals surface area contributed by atoms with Crippen LogP contribution in [-0.2, 0) is 4.79 Å². The Kier molecular flexibility index (Phi) is 3.35. The molecule has 0 bridgehead atoms. The van der Waals surface area contributed by atoms with Gasteiger partial charge in [0.05, 0.1) is 6.07 Å². The van der Waals surface area contributed by atoms with Gasteiger partial charge in [-0.25, -0.2) is 4.79 Å². The summed E-state index contributed by atoms with van der Waals surface area (Å²) in [6.07, 6.45) is 1.27. The first kappa shape index (κ1) is 13.6. The van der Waals surface area contributed by atoms with Crippen LogP contribution in [0.2, 0.25) is 0 Å². The summed E-state index contributed by atoms with van der Waals surface area (Å²) in [5.41, 5.74) is 0.420. The summed E-state index contributed by atoms with van der Waals surface area (Å²) in [5.74, 6) is 1.17. The van der Waals surface area contributed by atoms with Crippen LogP contribution in [0.15, 0.2) is 32.7 Å². The Bertz CT molecular complexity index is 605. The molecular weight excluding hydrogens is 244 g/mol. The third-order valence-electron chi connectivity index (χ3n) is 3.11. The van der Waals surface area contributed by atoms with E-state index < -0.39 is 5.63 Å². The summed E-state index contributed by atoms with van der Waals surface area (Å²) < 4.78 is 10.5. The van der Waals surface area contributed by atoms with Crippen LogP contribution in [0, 0.1) is 12.3 Å². The van der Waals surface area contributed by atoms with Crippen molar-refractivity contribution in [1.82, 2.24) is 0 Å². The highest BCUT2D eigenvalue weighted by atomic mass is 16.5. The first-order valence-electron chi connectivity index (χ1n) is 6.29. The largest absolute Gasteiger partial charge is 0.453 e. The van der Waals surface area contributed by atoms with Crippen molar-refractivity contribution >= 4 is 5.78 Å². The quantitative estimate of drug-likeness (QED) is 0.822. The Hall–Kier alpha value is -1.84. The van der Waals surface area contributed by atoms with Crippen molar-refractivity contribution in [1.29, 1.82) is 0 Å². The van der Waals surface area contributed by atoms with E-state index in [-0.39, 0.29) is 11.2 Å². The topological polar surface area (TPSA) is 56.5 Å². The number of ether oxygens (including phenoxy) is 1. The monoisotopic (exact) mass is 262 g/mol. The highest BCUT2D eigenvalue weighted by Crippen LogP contribution is 2.37. The molecule has 102 valence electrons. The van der Waals surface area contributed by atoms with Crippen molar-refractivity contribution < 1.29 is 13.9 Å². The third-order valence-corrected chi connectivity index (χ3v) is 3.11. The Labute approximate surface area is 112 Å². The number of Topliss-reactive ketones (excluding diaryl/α,β-unsaturated/α-hetero) is 1. The molecule has 1 aliphatic rings. The van der Waals surface area contributed by atoms with Gasteiger partial charge >= 0.3 is 5.63 Å². The number of hydrogen-bond donors (Lipinski definition) is 0. The lowest BCUT2D eigenvalue weighted by atomic mass is 9.76. The van der Waals surface area contributed by atoms with Gasteiger partial charge in [0, 0.05) is 12.5 Å². The van der Waals surface area contributed by atoms with E-state index in [1.54, 1.807) is 13.0 Å². The van der Waals surface area contributed by atoms with Crippen LogP contribution < -0.4 is 10.4 Å². The van der Waals surface area contributed by atoms with Crippen molar-refractivity contribution in [2.45, 2.75) is 40.5 Å². The van der Waals surface area contributed by atoms with Gasteiger partial charge in [0.15, 0.2) is 11.5 Å². The molecule has 4 nitrogen and oxygen atoms in total. The number of allylic oxidation sites excluding steroid dienone is 2. The zero-order chi connectivity index (χ0) is 14.2. The van der Waals surface area contributed by atoms with E-state index in [0.717, 1.165) is 12.0 Å². The molecule has 1 aliphatic carbocycles. The smallest absolute Gasteiger partial charge is 0.339 e. The average Bonchev–Trinajstić information content (AvgIpc) is 2.20. The van der Waals surface area contributed by atoms with Crippen LogP contribution in [0.25, 0.3) is 0 Å². The molecular formula is C15H18O4. The molecule has 1 aromatic rings. The fraction of sp³-hybridized carbons (Fsp3) is 0.467. The van der Waals surface area contributed by atoms with Gasteiger partial charge in [-0.05, 0) is 31.3 Å². The molecule has 1 aromatic heterocycles. The Morgan fingerprint density at radius 3 is 2.42 bits per heavy atom. The molecule has 0 N–H and O–H groups in total. The molecule has 0 saturated carbocycles. The first-order chi connectivity index (χ1) is 8.77. The van der Waals surface area contributed by atoms with Gasteiger partial charge in [-0.2, -0.15) is 0 Å². The van der Waals surface area contributed by atoms with Gasteiger partial charge in [0.1, 0.15) is 11.5 Å². The summed E-state index contributed by atoms with van der Waals surface area (Å²) in [6.45, 7) is 7.69. The van der Waals surface area contributed by atoms with E-state index >= 15 is 0 Å². The molecule has 2 rings (SSSR count). The molecule has 0 spiro atoms. The fourth-order valence-electron chi connectivity index (χ4n) is 2.51. The van der Waals surface area contributed by atoms with Crippen molar-refractivity contribution in [3.8, 4) is 5.75 Å². The van der Waals surface area contributed by atoms with Gasteiger partial charge in [0.25, 0.3) is 0 Å². The van der Waals surface area contributed by atoms with E-state index in [2.05, 4.69) is 13.8 Å². The maximum Gasteiger partial charge on any atom is 0.339 e. The van der Waals surface area contributed by atoms with Gasteiger partial charge in [-0.15, -0.1) is 0 Å². The molecule has 0 atom stereocenters. The van der Waals surface area contributed by atoms with Gasteiger partial charge < -0.3 is 9.15 Å². The fourth-order valence-corrected chi connectivity index (χ4v) is 2.51. The lowest BCUT2D eigenvalue weighted by Gasteiger charge is -2.30. The predicted molar refractivity (Wildman–Crippen MR) is 71.1 cm³/mol. The minimum absolute atomic E-state index is 0.0142. The predicted octanol–water partition coefficient (Wildman–Crippen LogP) is 2.99. The van der Waals surface area contributed by atoms with E-state index in [9.17, 15) is 9.59 Å². The molecule has 1 heterocycles. The lowest BCUT2D eigenvalue weighted by Crippen LogP contribution is -2.27. The highest BCUT2D eigenvalue weighted by Gasteiger charge is 2.32. The molecule has 0 fully saturated rings. The van der Waals surface area contributed by atoms with Gasteiger partial charge in [0.2, 0.25) is 0 Å². The number of ketones is 1. The lowest BCUT2D eigenvalue weighted by molar-refractivity contribution is -0.120. The van der Waals surface area contributed by atoms with E-state index in [4.69, 9.17) is 9.15 Å². The van der Waals surface area contributed by atoms with E-state index in [1.807, 2.05) is 6.92 Å². The minimum Gasteiger partial charge on any atom is -0.453 e. The maximum atomic E-state index is 12.1. The number of hydrogen-bond acceptors (Lipinski definition) is 4. The van der Waals surface area contributed by atoms with Crippen molar-refractivity contribution in [3.05, 3.63) is 39.6 Å². The third kappa shape index (κ3) is 3.13. The zero-order valence-electron chi connectivity index (χ0n) is 11.7. The highest BCUT2D eigenvalue weighted by molar-refractivity contribution is 5.96. The molecule has 4 heteroatoms. The van der Waals surface area contributed by atoms with Crippen LogP contribution >= 0.6 is 0 Å². The first-order valence-corrected chi connectivity index (χ1v) is 6.29. The number of carbonyl (C=O) groups excluding carboxylic acids is 1. The summed E-state index contributed by atoms with van der Waals surface area (Å²) in [7, 11) is 0. The van der Waals surface area contributed by atoms with Crippen molar-refractivity contribution in [2.24, 2.45) is 5.41 Å². The summed E-state index contributed by atoms with van der Waals surface area (Å²) >= 11 is 0. The summed E-state index contributed by atoms with van der Waals surface area (Å²) in [5, 5.41) is 0. The standard InChI is InChI=1S/C15H18O4/c1-9-7-15(3,4)8-12(16)14(9)19-11-5-10(2)18-13(17)6-11/h5-6H,7-8H2,1-4H3. The second-order valence-corrected chi connectivity index (χ2v) is 5.88. The van der Waals surface area contributed by atoms with Crippen LogP contribution in [-0.4, -0.2) is 5.78 Å². The van der Waals surface area contributed by atoms with E-state index in [1.165, 1.54) is 6.07 Å². The van der Waals surface area contributed by atoms with Crippen LogP contribution in [0.5, 0.6) is 5.75 Å². The zero-order valence-corrected chi connectivity index (χ0v) is 11.7. The second kappa shape index (κ2) is 4.68. The normalized spacial score (nSPS) is 18.6. The maximum absolute atomic E-state index is 12.1. The Morgan fingerprint density at radius 2 is 1.84 bits per heavy atom. The minimum atomic E-state index is -0.475. The second-order valence-electron chi connectivity index (χ2n) is 5.88. The van der Waals surface area contributed by atoms with Gasteiger partial charge in [-0.1, -0.05) is 13.8 Å². The van der Waals surface area contributed by atoms with E-state index in [0.29, 0.717) is 23.7 Å². The SMILES string of the molecule is CC1=C(Oc2cc(C)oc(=O)c2)C(=O)CC(C)(C)C1. The van der Waals surface area contributed by atoms with Gasteiger partial charge in [-0.3, -0.25) is 4.79 Å². The van der Waals surface area contributed by atoms with Crippen molar-refractivity contribution in [2.75, 3.05) is 0 Å². The number of aryl methyl sites for hydroxylation is 1. The molecule has 0 unspecified atom stereocenters. The molecule has 0 aliphatic heterocycles.